The van der Waals surface area contributed by atoms with Crippen LogP contribution in [0.4, 0.5) is 10.5 Å². The minimum absolute atomic E-state index is 0.108. The number of hydrogen-bond acceptors (Lipinski definition) is 6. The number of anilines is 1. The van der Waals surface area contributed by atoms with E-state index in [2.05, 4.69) is 26.9 Å². The number of piperazine rings is 1. The van der Waals surface area contributed by atoms with Crippen LogP contribution in [0.5, 0.6) is 5.95 Å². The van der Waals surface area contributed by atoms with E-state index >= 15 is 0 Å². The Morgan fingerprint density at radius 3 is 2.82 bits per heavy atom. The number of rotatable bonds is 6. The van der Waals surface area contributed by atoms with E-state index in [0.29, 0.717) is 5.58 Å². The van der Waals surface area contributed by atoms with E-state index in [1.807, 2.05) is 30.3 Å². The van der Waals surface area contributed by atoms with Crippen molar-refractivity contribution in [1.82, 2.24) is 9.88 Å². The van der Waals surface area contributed by atoms with Gasteiger partial charge in [0.2, 0.25) is 0 Å². The van der Waals surface area contributed by atoms with Crippen LogP contribution >= 0.6 is 0 Å². The lowest BCUT2D eigenvalue weighted by molar-refractivity contribution is 0.199. The normalized spacial score (nSPS) is 14.6. The summed E-state index contributed by atoms with van der Waals surface area (Å²) in [6, 6.07) is 16.1. The number of nitriles is 1. The summed E-state index contributed by atoms with van der Waals surface area (Å²) in [4.78, 5) is 19.0. The zero-order valence-electron chi connectivity index (χ0n) is 18.2. The number of carbonyl (C=O) groups excluding carboxylic acids is 1. The highest BCUT2D eigenvalue weighted by Crippen LogP contribution is 2.29. The van der Waals surface area contributed by atoms with Crippen LogP contribution in [0.15, 0.2) is 53.1 Å². The number of aromatic amines is 1. The molecule has 8 nitrogen and oxygen atoms in total. The maximum atomic E-state index is 10.9. The molecule has 1 saturated heterocycles. The predicted octanol–water partition coefficient (Wildman–Crippen LogP) is 4.00. The summed E-state index contributed by atoms with van der Waals surface area (Å²) >= 11 is 0. The van der Waals surface area contributed by atoms with E-state index in [0.717, 1.165) is 73.1 Å². The number of H-pyrrole nitrogens is 1. The number of nitrogens with two attached hydrogens (primary N) is 1. The Kier molecular flexibility index (Phi) is 5.63. The van der Waals surface area contributed by atoms with Crippen LogP contribution in [0, 0.1) is 11.3 Å². The largest absolute Gasteiger partial charge is 0.425 e. The fourth-order valence-corrected chi connectivity index (χ4v) is 4.63. The number of fused-ring (bicyclic) bond motifs is 2. The average molecular weight is 444 g/mol. The first kappa shape index (κ1) is 20.9. The lowest BCUT2D eigenvalue weighted by Gasteiger charge is -2.36. The molecular formula is C25H25N5O3. The third kappa shape index (κ3) is 4.36. The Balaban J connectivity index is 1.16. The van der Waals surface area contributed by atoms with E-state index in [1.165, 1.54) is 5.56 Å². The summed E-state index contributed by atoms with van der Waals surface area (Å²) < 4.78 is 10.3. The van der Waals surface area contributed by atoms with Crippen LogP contribution < -0.4 is 15.4 Å². The van der Waals surface area contributed by atoms with Crippen LogP contribution in [0.1, 0.15) is 17.5 Å². The smallest absolute Gasteiger partial charge is 0.412 e. The molecular weight excluding hydrogens is 418 g/mol. The molecule has 1 fully saturated rings. The van der Waals surface area contributed by atoms with E-state index in [1.54, 1.807) is 12.3 Å². The fourth-order valence-electron chi connectivity index (χ4n) is 4.63. The Morgan fingerprint density at radius 1 is 1.18 bits per heavy atom. The molecule has 2 aromatic carbocycles. The van der Waals surface area contributed by atoms with Crippen molar-refractivity contribution in [1.29, 1.82) is 5.26 Å². The number of nitrogens with one attached hydrogen (secondary N) is 1. The summed E-state index contributed by atoms with van der Waals surface area (Å²) in [6.45, 7) is 4.92. The SMILES string of the molecule is N#Cc1c[nH]c2cccc(CCCN3CCN(c4ccc5oc(OC(N)=O)cc5c4)CC3)c12. The first-order valence-corrected chi connectivity index (χ1v) is 11.1. The first-order valence-electron chi connectivity index (χ1n) is 11.1. The molecule has 0 atom stereocenters. The summed E-state index contributed by atoms with van der Waals surface area (Å²) in [5.41, 5.74) is 9.82. The number of benzene rings is 2. The Labute approximate surface area is 191 Å². The van der Waals surface area contributed by atoms with Gasteiger partial charge in [-0.15, -0.1) is 0 Å². The van der Waals surface area contributed by atoms with Gasteiger partial charge in [-0.25, -0.2) is 4.79 Å². The van der Waals surface area contributed by atoms with Gasteiger partial charge >= 0.3 is 6.09 Å². The summed E-state index contributed by atoms with van der Waals surface area (Å²) in [5, 5.41) is 11.3. The molecule has 0 aliphatic carbocycles. The number of furan rings is 1. The second-order valence-corrected chi connectivity index (χ2v) is 8.29. The third-order valence-corrected chi connectivity index (χ3v) is 6.25. The molecule has 1 aliphatic rings. The third-order valence-electron chi connectivity index (χ3n) is 6.25. The summed E-state index contributed by atoms with van der Waals surface area (Å²) in [6.07, 6.45) is 2.91. The first-order chi connectivity index (χ1) is 16.1. The highest BCUT2D eigenvalue weighted by atomic mass is 16.6. The number of aromatic nitrogens is 1. The second-order valence-electron chi connectivity index (χ2n) is 8.29. The molecule has 0 radical (unpaired) electrons. The van der Waals surface area contributed by atoms with E-state index in [4.69, 9.17) is 14.9 Å². The molecule has 0 spiro atoms. The van der Waals surface area contributed by atoms with Crippen molar-refractivity contribution < 1.29 is 13.9 Å². The number of amides is 1. The maximum absolute atomic E-state index is 10.9. The zero-order valence-corrected chi connectivity index (χ0v) is 18.2. The molecule has 4 aromatic rings. The molecule has 0 unspecified atom stereocenters. The number of primary amides is 1. The second kappa shape index (κ2) is 8.88. The van der Waals surface area contributed by atoms with Crippen molar-refractivity contribution in [3.05, 3.63) is 59.8 Å². The summed E-state index contributed by atoms with van der Waals surface area (Å²) in [5.74, 6) is 0.108. The maximum Gasteiger partial charge on any atom is 0.412 e. The van der Waals surface area contributed by atoms with Crippen molar-refractivity contribution in [2.24, 2.45) is 5.73 Å². The van der Waals surface area contributed by atoms with E-state index in [9.17, 15) is 10.1 Å². The number of ether oxygens (including phenoxy) is 1. The van der Waals surface area contributed by atoms with Crippen LogP contribution in [0.25, 0.3) is 21.9 Å². The van der Waals surface area contributed by atoms with Crippen molar-refractivity contribution in [3.63, 3.8) is 0 Å². The Hall–Kier alpha value is -3.96. The monoisotopic (exact) mass is 443 g/mol. The molecule has 33 heavy (non-hydrogen) atoms. The molecule has 0 bridgehead atoms. The molecule has 3 heterocycles. The Morgan fingerprint density at radius 2 is 2.03 bits per heavy atom. The van der Waals surface area contributed by atoms with Crippen molar-refractivity contribution in [3.8, 4) is 12.0 Å². The van der Waals surface area contributed by atoms with Crippen LogP contribution in [0.2, 0.25) is 0 Å². The molecule has 1 aliphatic heterocycles. The van der Waals surface area contributed by atoms with Crippen molar-refractivity contribution >= 4 is 33.7 Å². The van der Waals surface area contributed by atoms with Gasteiger partial charge in [0.05, 0.1) is 5.56 Å². The van der Waals surface area contributed by atoms with Crippen molar-refractivity contribution in [2.75, 3.05) is 37.6 Å². The van der Waals surface area contributed by atoms with Crippen LogP contribution in [-0.2, 0) is 6.42 Å². The molecule has 8 heteroatoms. The van der Waals surface area contributed by atoms with Gasteiger partial charge < -0.3 is 24.8 Å². The lowest BCUT2D eigenvalue weighted by Crippen LogP contribution is -2.46. The average Bonchev–Trinajstić information content (AvgIpc) is 3.42. The van der Waals surface area contributed by atoms with Gasteiger partial charge in [-0.05, 0) is 49.2 Å². The molecule has 3 N–H and O–H groups in total. The topological polar surface area (TPSA) is 112 Å². The van der Waals surface area contributed by atoms with Gasteiger partial charge in [-0.3, -0.25) is 4.90 Å². The molecule has 168 valence electrons. The molecule has 0 saturated carbocycles. The minimum atomic E-state index is -0.888. The number of carbonyl (C=O) groups is 1. The standard InChI is InChI=1S/C25H25N5O3/c26-15-19-16-28-21-5-1-3-17(24(19)21)4-2-8-29-9-11-30(12-10-29)20-6-7-22-18(13-20)14-23(32-22)33-25(27)31/h1,3,5-7,13-14,16,28H,2,4,8-12H2,(H2,27,31). The van der Waals surface area contributed by atoms with Crippen LogP contribution in [0.3, 0.4) is 0 Å². The Bertz CT molecular complexity index is 1340. The number of hydrogen-bond donors (Lipinski definition) is 2. The van der Waals surface area contributed by atoms with Gasteiger partial charge in [0, 0.05) is 60.4 Å². The lowest BCUT2D eigenvalue weighted by atomic mass is 10.0. The van der Waals surface area contributed by atoms with Crippen LogP contribution in [-0.4, -0.2) is 48.7 Å². The zero-order chi connectivity index (χ0) is 22.8. The number of aryl methyl sites for hydroxylation is 1. The highest BCUT2D eigenvalue weighted by molar-refractivity contribution is 5.89. The van der Waals surface area contributed by atoms with E-state index in [-0.39, 0.29) is 5.95 Å². The van der Waals surface area contributed by atoms with Gasteiger partial charge in [-0.1, -0.05) is 12.1 Å². The number of nitrogens with zero attached hydrogens (tertiary/aromatic N) is 3. The minimum Gasteiger partial charge on any atom is -0.425 e. The van der Waals surface area contributed by atoms with E-state index < -0.39 is 6.09 Å². The van der Waals surface area contributed by atoms with Gasteiger partial charge in [0.1, 0.15) is 11.7 Å². The fraction of sp³-hybridized carbons (Fsp3) is 0.280. The van der Waals surface area contributed by atoms with Crippen molar-refractivity contribution in [2.45, 2.75) is 12.8 Å². The van der Waals surface area contributed by atoms with Gasteiger partial charge in [-0.2, -0.15) is 5.26 Å². The molecule has 2 aromatic heterocycles. The molecule has 1 amide bonds. The quantitative estimate of drug-likeness (QED) is 0.466. The predicted molar refractivity (Wildman–Crippen MR) is 126 cm³/mol. The highest BCUT2D eigenvalue weighted by Gasteiger charge is 2.18. The molecule has 5 rings (SSSR count). The van der Waals surface area contributed by atoms with Gasteiger partial charge in [0.25, 0.3) is 5.95 Å². The van der Waals surface area contributed by atoms with Gasteiger partial charge in [0.15, 0.2) is 0 Å². The summed E-state index contributed by atoms with van der Waals surface area (Å²) in [7, 11) is 0.